The van der Waals surface area contributed by atoms with Gasteiger partial charge in [0.2, 0.25) is 0 Å². The van der Waals surface area contributed by atoms with E-state index in [1.54, 1.807) is 23.6 Å². The number of nitrogens with one attached hydrogen (secondary N) is 1. The Labute approximate surface area is 108 Å². The van der Waals surface area contributed by atoms with Gasteiger partial charge < -0.3 is 11.1 Å². The molecule has 0 spiro atoms. The van der Waals surface area contributed by atoms with Crippen molar-refractivity contribution in [3.63, 3.8) is 0 Å². The third kappa shape index (κ3) is 2.68. The summed E-state index contributed by atoms with van der Waals surface area (Å²) in [4.78, 5) is 12.4. The van der Waals surface area contributed by atoms with E-state index in [-0.39, 0.29) is 17.8 Å². The highest BCUT2D eigenvalue weighted by molar-refractivity contribution is 7.12. The summed E-state index contributed by atoms with van der Waals surface area (Å²) in [5.41, 5.74) is 7.00. The van der Waals surface area contributed by atoms with Crippen molar-refractivity contribution in [3.05, 3.63) is 52.0 Å². The number of carbonyl (C=O) groups excluding carboxylic acids is 1. The Hall–Kier alpha value is -1.88. The van der Waals surface area contributed by atoms with Gasteiger partial charge >= 0.3 is 0 Å². The summed E-state index contributed by atoms with van der Waals surface area (Å²) < 4.78 is 12.8. The van der Waals surface area contributed by atoms with E-state index >= 15 is 0 Å². The SMILES string of the molecule is CC(NC(=O)c1sccc1N)c1ccc(F)cc1. The van der Waals surface area contributed by atoms with Crippen LogP contribution in [0, 0.1) is 5.82 Å². The molecular weight excluding hydrogens is 251 g/mol. The Kier molecular flexibility index (Phi) is 3.62. The van der Waals surface area contributed by atoms with E-state index < -0.39 is 0 Å². The number of carbonyl (C=O) groups is 1. The fourth-order valence-electron chi connectivity index (χ4n) is 1.60. The van der Waals surface area contributed by atoms with E-state index in [1.807, 2.05) is 6.92 Å². The quantitative estimate of drug-likeness (QED) is 0.895. The molecule has 0 aliphatic carbocycles. The molecule has 1 atom stereocenters. The highest BCUT2D eigenvalue weighted by atomic mass is 32.1. The normalized spacial score (nSPS) is 12.1. The third-order valence-electron chi connectivity index (χ3n) is 2.62. The van der Waals surface area contributed by atoms with Gasteiger partial charge in [-0.3, -0.25) is 4.79 Å². The summed E-state index contributed by atoms with van der Waals surface area (Å²) >= 11 is 1.30. The van der Waals surface area contributed by atoms with Gasteiger partial charge in [0.25, 0.3) is 5.91 Å². The second kappa shape index (κ2) is 5.18. The molecule has 0 aliphatic rings. The highest BCUT2D eigenvalue weighted by Gasteiger charge is 2.14. The van der Waals surface area contributed by atoms with Gasteiger partial charge in [0, 0.05) is 0 Å². The average Bonchev–Trinajstić information content (AvgIpc) is 2.76. The average molecular weight is 264 g/mol. The summed E-state index contributed by atoms with van der Waals surface area (Å²) in [5.74, 6) is -0.501. The molecule has 0 saturated carbocycles. The maximum absolute atomic E-state index is 12.8. The standard InChI is InChI=1S/C13H13FN2OS/c1-8(9-2-4-10(14)5-3-9)16-13(17)12-11(15)6-7-18-12/h2-8H,15H2,1H3,(H,16,17). The Morgan fingerprint density at radius 3 is 2.56 bits per heavy atom. The van der Waals surface area contributed by atoms with Crippen LogP contribution in [0.2, 0.25) is 0 Å². The molecule has 0 saturated heterocycles. The Morgan fingerprint density at radius 2 is 2.00 bits per heavy atom. The molecule has 1 unspecified atom stereocenters. The first kappa shape index (κ1) is 12.6. The number of hydrogen-bond acceptors (Lipinski definition) is 3. The van der Waals surface area contributed by atoms with Crippen molar-refractivity contribution >= 4 is 22.9 Å². The summed E-state index contributed by atoms with van der Waals surface area (Å²) in [7, 11) is 0. The lowest BCUT2D eigenvalue weighted by Crippen LogP contribution is -2.26. The lowest BCUT2D eigenvalue weighted by molar-refractivity contribution is 0.0945. The number of rotatable bonds is 3. The molecule has 1 amide bonds. The van der Waals surface area contributed by atoms with Crippen molar-refractivity contribution < 1.29 is 9.18 Å². The van der Waals surface area contributed by atoms with Gasteiger partial charge in [0.15, 0.2) is 0 Å². The molecule has 5 heteroatoms. The van der Waals surface area contributed by atoms with Crippen LogP contribution in [-0.4, -0.2) is 5.91 Å². The van der Waals surface area contributed by atoms with E-state index in [0.717, 1.165) is 5.56 Å². The van der Waals surface area contributed by atoms with Gasteiger partial charge in [-0.25, -0.2) is 4.39 Å². The number of halogens is 1. The fraction of sp³-hybridized carbons (Fsp3) is 0.154. The molecule has 2 rings (SSSR count). The predicted octanol–water partition coefficient (Wildman–Crippen LogP) is 2.96. The molecule has 3 N–H and O–H groups in total. The van der Waals surface area contributed by atoms with Crippen LogP contribution in [0.3, 0.4) is 0 Å². The lowest BCUT2D eigenvalue weighted by Gasteiger charge is -2.13. The van der Waals surface area contributed by atoms with Crippen LogP contribution in [0.5, 0.6) is 0 Å². The summed E-state index contributed by atoms with van der Waals surface area (Å²) in [6.45, 7) is 1.84. The summed E-state index contributed by atoms with van der Waals surface area (Å²) in [5, 5.41) is 4.60. The summed E-state index contributed by atoms with van der Waals surface area (Å²) in [6.07, 6.45) is 0. The predicted molar refractivity (Wildman–Crippen MR) is 71.0 cm³/mol. The van der Waals surface area contributed by atoms with E-state index in [0.29, 0.717) is 10.6 Å². The van der Waals surface area contributed by atoms with E-state index in [1.165, 1.54) is 23.5 Å². The van der Waals surface area contributed by atoms with Crippen LogP contribution < -0.4 is 11.1 Å². The van der Waals surface area contributed by atoms with Crippen molar-refractivity contribution in [2.24, 2.45) is 0 Å². The van der Waals surface area contributed by atoms with Crippen LogP contribution >= 0.6 is 11.3 Å². The highest BCUT2D eigenvalue weighted by Crippen LogP contribution is 2.20. The number of nitrogen functional groups attached to an aromatic ring is 1. The topological polar surface area (TPSA) is 55.1 Å². The minimum Gasteiger partial charge on any atom is -0.397 e. The van der Waals surface area contributed by atoms with Gasteiger partial charge in [0.05, 0.1) is 11.7 Å². The lowest BCUT2D eigenvalue weighted by atomic mass is 10.1. The molecule has 18 heavy (non-hydrogen) atoms. The van der Waals surface area contributed by atoms with Crippen LogP contribution in [0.25, 0.3) is 0 Å². The second-order valence-electron chi connectivity index (χ2n) is 3.95. The molecule has 94 valence electrons. The zero-order valence-electron chi connectivity index (χ0n) is 9.81. The zero-order chi connectivity index (χ0) is 13.1. The molecule has 1 heterocycles. The second-order valence-corrected chi connectivity index (χ2v) is 4.87. The largest absolute Gasteiger partial charge is 0.397 e. The van der Waals surface area contributed by atoms with Crippen molar-refractivity contribution in [1.82, 2.24) is 5.32 Å². The minimum absolute atomic E-state index is 0.195. The number of benzene rings is 1. The third-order valence-corrected chi connectivity index (χ3v) is 3.55. The Morgan fingerprint density at radius 1 is 1.33 bits per heavy atom. The van der Waals surface area contributed by atoms with Crippen LogP contribution in [0.15, 0.2) is 35.7 Å². The first-order chi connectivity index (χ1) is 8.58. The molecule has 0 fully saturated rings. The summed E-state index contributed by atoms with van der Waals surface area (Å²) in [6, 6.07) is 7.55. The van der Waals surface area contributed by atoms with Crippen molar-refractivity contribution in [3.8, 4) is 0 Å². The first-order valence-electron chi connectivity index (χ1n) is 5.47. The van der Waals surface area contributed by atoms with Crippen molar-refractivity contribution in [2.75, 3.05) is 5.73 Å². The number of anilines is 1. The van der Waals surface area contributed by atoms with E-state index in [4.69, 9.17) is 5.73 Å². The zero-order valence-corrected chi connectivity index (χ0v) is 10.6. The van der Waals surface area contributed by atoms with Gasteiger partial charge in [-0.15, -0.1) is 11.3 Å². The maximum Gasteiger partial charge on any atom is 0.263 e. The van der Waals surface area contributed by atoms with Gasteiger partial charge in [-0.2, -0.15) is 0 Å². The van der Waals surface area contributed by atoms with Gasteiger partial charge in [0.1, 0.15) is 10.7 Å². The molecule has 0 aliphatic heterocycles. The minimum atomic E-state index is -0.292. The Balaban J connectivity index is 2.08. The molecule has 0 bridgehead atoms. The molecule has 3 nitrogen and oxygen atoms in total. The molecule has 0 radical (unpaired) electrons. The smallest absolute Gasteiger partial charge is 0.263 e. The van der Waals surface area contributed by atoms with Gasteiger partial charge in [-0.1, -0.05) is 12.1 Å². The maximum atomic E-state index is 12.8. The van der Waals surface area contributed by atoms with Crippen LogP contribution in [-0.2, 0) is 0 Å². The molecular formula is C13H13FN2OS. The Bertz CT molecular complexity index is 550. The van der Waals surface area contributed by atoms with Crippen molar-refractivity contribution in [1.29, 1.82) is 0 Å². The fourth-order valence-corrected chi connectivity index (χ4v) is 2.32. The first-order valence-corrected chi connectivity index (χ1v) is 6.35. The van der Waals surface area contributed by atoms with E-state index in [2.05, 4.69) is 5.32 Å². The number of hydrogen-bond donors (Lipinski definition) is 2. The van der Waals surface area contributed by atoms with E-state index in [9.17, 15) is 9.18 Å². The number of thiophene rings is 1. The number of amides is 1. The molecule has 1 aromatic heterocycles. The van der Waals surface area contributed by atoms with Gasteiger partial charge in [-0.05, 0) is 36.1 Å². The van der Waals surface area contributed by atoms with Crippen LogP contribution in [0.4, 0.5) is 10.1 Å². The van der Waals surface area contributed by atoms with Crippen molar-refractivity contribution in [2.45, 2.75) is 13.0 Å². The monoisotopic (exact) mass is 264 g/mol. The molecule has 1 aromatic carbocycles. The van der Waals surface area contributed by atoms with Crippen LogP contribution in [0.1, 0.15) is 28.2 Å². The number of nitrogens with two attached hydrogens (primary N) is 1. The molecule has 2 aromatic rings.